The summed E-state index contributed by atoms with van der Waals surface area (Å²) < 4.78 is 5.49. The molecule has 0 bridgehead atoms. The first-order valence-corrected chi connectivity index (χ1v) is 7.26. The summed E-state index contributed by atoms with van der Waals surface area (Å²) in [4.78, 5) is 1.37. The van der Waals surface area contributed by atoms with Gasteiger partial charge in [-0.25, -0.2) is 0 Å². The molecule has 96 valence electrons. The highest BCUT2D eigenvalue weighted by Crippen LogP contribution is 2.22. The maximum absolute atomic E-state index is 5.49. The summed E-state index contributed by atoms with van der Waals surface area (Å²) in [5.41, 5.74) is 1.35. The van der Waals surface area contributed by atoms with Gasteiger partial charge >= 0.3 is 0 Å². The Labute approximate surface area is 109 Å². The fraction of sp³-hybridized carbons (Fsp3) is 0.571. The molecule has 1 rings (SSSR count). The molecule has 1 aromatic carbocycles. The van der Waals surface area contributed by atoms with Crippen molar-refractivity contribution in [1.29, 1.82) is 0 Å². The predicted molar refractivity (Wildman–Crippen MR) is 75.9 cm³/mol. The van der Waals surface area contributed by atoms with Crippen molar-refractivity contribution in [3.8, 4) is 0 Å². The topological polar surface area (TPSA) is 21.3 Å². The highest BCUT2D eigenvalue weighted by molar-refractivity contribution is 7.99. The van der Waals surface area contributed by atoms with Crippen molar-refractivity contribution in [1.82, 2.24) is 5.32 Å². The van der Waals surface area contributed by atoms with Gasteiger partial charge in [-0.2, -0.15) is 0 Å². The number of ether oxygens (including phenoxy) is 1. The van der Waals surface area contributed by atoms with Gasteiger partial charge in [-0.3, -0.25) is 0 Å². The van der Waals surface area contributed by atoms with Gasteiger partial charge in [0.05, 0.1) is 6.61 Å². The molecule has 2 nitrogen and oxygen atoms in total. The van der Waals surface area contributed by atoms with E-state index in [1.54, 1.807) is 0 Å². The quantitative estimate of drug-likeness (QED) is 0.719. The van der Waals surface area contributed by atoms with Crippen LogP contribution in [0, 0.1) is 6.92 Å². The summed E-state index contributed by atoms with van der Waals surface area (Å²) in [6, 6.07) is 8.96. The van der Waals surface area contributed by atoms with Crippen LogP contribution in [0.15, 0.2) is 29.2 Å². The Kier molecular flexibility index (Phi) is 7.33. The molecule has 0 radical (unpaired) electrons. The first-order chi connectivity index (χ1) is 8.27. The van der Waals surface area contributed by atoms with Crippen molar-refractivity contribution in [2.75, 3.05) is 25.5 Å². The molecule has 0 fully saturated rings. The monoisotopic (exact) mass is 253 g/mol. The summed E-state index contributed by atoms with van der Waals surface area (Å²) in [7, 11) is 0. The van der Waals surface area contributed by atoms with Crippen molar-refractivity contribution in [2.24, 2.45) is 0 Å². The lowest BCUT2D eigenvalue weighted by atomic mass is 10.2. The number of thioether (sulfide) groups is 1. The average Bonchev–Trinajstić information content (AvgIpc) is 2.34. The van der Waals surface area contributed by atoms with Crippen LogP contribution >= 0.6 is 11.8 Å². The van der Waals surface area contributed by atoms with Gasteiger partial charge in [0.2, 0.25) is 0 Å². The van der Waals surface area contributed by atoms with E-state index in [0.717, 1.165) is 25.5 Å². The van der Waals surface area contributed by atoms with E-state index in [4.69, 9.17) is 4.74 Å². The lowest BCUT2D eigenvalue weighted by Gasteiger charge is -2.17. The van der Waals surface area contributed by atoms with Gasteiger partial charge in [0.15, 0.2) is 0 Å². The average molecular weight is 253 g/mol. The maximum Gasteiger partial charge on any atom is 0.0627 e. The third-order valence-corrected chi connectivity index (χ3v) is 3.89. The predicted octanol–water partition coefficient (Wildman–Crippen LogP) is 3.10. The lowest BCUT2D eigenvalue weighted by Crippen LogP contribution is -2.35. The molecule has 0 spiro atoms. The SMILES string of the molecule is CCNC(COCC)CSc1ccccc1C. The number of hydrogen-bond acceptors (Lipinski definition) is 3. The molecular formula is C14H23NOS. The van der Waals surface area contributed by atoms with E-state index >= 15 is 0 Å². The second-order valence-electron chi connectivity index (χ2n) is 3.99. The molecule has 0 aromatic heterocycles. The Hall–Kier alpha value is -0.510. The van der Waals surface area contributed by atoms with E-state index < -0.39 is 0 Å². The second-order valence-corrected chi connectivity index (χ2v) is 5.05. The van der Waals surface area contributed by atoms with Crippen LogP contribution in [0.3, 0.4) is 0 Å². The van der Waals surface area contributed by atoms with Crippen molar-refractivity contribution in [3.63, 3.8) is 0 Å². The first kappa shape index (κ1) is 14.6. The molecule has 0 aliphatic heterocycles. The van der Waals surface area contributed by atoms with Gasteiger partial charge in [-0.05, 0) is 32.0 Å². The lowest BCUT2D eigenvalue weighted by molar-refractivity contribution is 0.129. The summed E-state index contributed by atoms with van der Waals surface area (Å²) in [6.45, 7) is 8.91. The fourth-order valence-corrected chi connectivity index (χ4v) is 2.69. The number of benzene rings is 1. The highest BCUT2D eigenvalue weighted by Gasteiger charge is 2.08. The zero-order chi connectivity index (χ0) is 12.5. The Balaban J connectivity index is 2.42. The number of likely N-dealkylation sites (N-methyl/N-ethyl adjacent to an activating group) is 1. The maximum atomic E-state index is 5.49. The van der Waals surface area contributed by atoms with Gasteiger partial charge in [0.25, 0.3) is 0 Å². The van der Waals surface area contributed by atoms with Crippen molar-refractivity contribution < 1.29 is 4.74 Å². The Morgan fingerprint density at radius 2 is 2.06 bits per heavy atom. The van der Waals surface area contributed by atoms with Crippen LogP contribution in [-0.4, -0.2) is 31.6 Å². The molecule has 0 amide bonds. The molecule has 0 aliphatic carbocycles. The highest BCUT2D eigenvalue weighted by atomic mass is 32.2. The van der Waals surface area contributed by atoms with Crippen LogP contribution in [0.1, 0.15) is 19.4 Å². The third kappa shape index (κ3) is 5.57. The molecule has 0 heterocycles. The Bertz CT molecular complexity index is 317. The van der Waals surface area contributed by atoms with Gasteiger partial charge in [-0.15, -0.1) is 11.8 Å². The number of nitrogens with one attached hydrogen (secondary N) is 1. The van der Waals surface area contributed by atoms with E-state index in [2.05, 4.69) is 43.4 Å². The molecule has 1 aromatic rings. The van der Waals surface area contributed by atoms with Crippen molar-refractivity contribution in [2.45, 2.75) is 31.7 Å². The molecule has 0 saturated heterocycles. The molecule has 1 atom stereocenters. The zero-order valence-corrected chi connectivity index (χ0v) is 11.8. The number of hydrogen-bond donors (Lipinski definition) is 1. The molecule has 1 N–H and O–H groups in total. The van der Waals surface area contributed by atoms with Gasteiger partial charge in [0, 0.05) is 23.3 Å². The molecule has 0 saturated carbocycles. The number of aryl methyl sites for hydroxylation is 1. The molecule has 0 aliphatic rings. The van der Waals surface area contributed by atoms with Crippen LogP contribution < -0.4 is 5.32 Å². The van der Waals surface area contributed by atoms with E-state index in [-0.39, 0.29) is 0 Å². The third-order valence-electron chi connectivity index (χ3n) is 2.55. The normalized spacial score (nSPS) is 12.6. The van der Waals surface area contributed by atoms with Crippen molar-refractivity contribution >= 4 is 11.8 Å². The minimum Gasteiger partial charge on any atom is -0.380 e. The van der Waals surface area contributed by atoms with Crippen LogP contribution in [0.5, 0.6) is 0 Å². The largest absolute Gasteiger partial charge is 0.380 e. The molecule has 17 heavy (non-hydrogen) atoms. The smallest absolute Gasteiger partial charge is 0.0627 e. The number of rotatable bonds is 8. The Morgan fingerprint density at radius 3 is 2.71 bits per heavy atom. The van der Waals surface area contributed by atoms with Gasteiger partial charge < -0.3 is 10.1 Å². The zero-order valence-electron chi connectivity index (χ0n) is 11.0. The summed E-state index contributed by atoms with van der Waals surface area (Å²) >= 11 is 1.90. The van der Waals surface area contributed by atoms with E-state index in [1.165, 1.54) is 10.5 Å². The van der Waals surface area contributed by atoms with E-state index in [0.29, 0.717) is 6.04 Å². The fourth-order valence-electron chi connectivity index (χ4n) is 1.62. The minimum absolute atomic E-state index is 0.435. The van der Waals surface area contributed by atoms with E-state index in [1.807, 2.05) is 18.7 Å². The second kappa shape index (κ2) is 8.56. The van der Waals surface area contributed by atoms with E-state index in [9.17, 15) is 0 Å². The molecular weight excluding hydrogens is 230 g/mol. The minimum atomic E-state index is 0.435. The molecule has 1 unspecified atom stereocenters. The first-order valence-electron chi connectivity index (χ1n) is 6.27. The van der Waals surface area contributed by atoms with Crippen molar-refractivity contribution in [3.05, 3.63) is 29.8 Å². The van der Waals surface area contributed by atoms with Crippen LogP contribution in [0.4, 0.5) is 0 Å². The van der Waals surface area contributed by atoms with Crippen LogP contribution in [0.2, 0.25) is 0 Å². The molecule has 3 heteroatoms. The summed E-state index contributed by atoms with van der Waals surface area (Å²) in [5.74, 6) is 1.05. The summed E-state index contributed by atoms with van der Waals surface area (Å²) in [6.07, 6.45) is 0. The standard InChI is InChI=1S/C14H23NOS/c1-4-15-13(10-16-5-2)11-17-14-9-7-6-8-12(14)3/h6-9,13,15H,4-5,10-11H2,1-3H3. The summed E-state index contributed by atoms with van der Waals surface area (Å²) in [5, 5.41) is 3.46. The van der Waals surface area contributed by atoms with Gasteiger partial charge in [-0.1, -0.05) is 25.1 Å². The van der Waals surface area contributed by atoms with Crippen LogP contribution in [0.25, 0.3) is 0 Å². The van der Waals surface area contributed by atoms with Crippen LogP contribution in [-0.2, 0) is 4.74 Å². The Morgan fingerprint density at radius 1 is 1.29 bits per heavy atom. The van der Waals surface area contributed by atoms with Gasteiger partial charge in [0.1, 0.15) is 0 Å².